The van der Waals surface area contributed by atoms with E-state index in [1.165, 1.54) is 11.1 Å². The molecule has 158 valence electrons. The first-order valence-corrected chi connectivity index (χ1v) is 9.64. The Morgan fingerprint density at radius 2 is 2.00 bits per heavy atom. The maximum absolute atomic E-state index is 12.3. The Hall–Kier alpha value is -2.16. The number of likely N-dealkylation sites (N-methyl/N-ethyl adjacent to an activating group) is 1. The van der Waals surface area contributed by atoms with E-state index in [2.05, 4.69) is 58.7 Å². The van der Waals surface area contributed by atoms with Crippen LogP contribution in [0.2, 0.25) is 0 Å². The van der Waals surface area contributed by atoms with Crippen molar-refractivity contribution in [2.24, 2.45) is 4.99 Å². The van der Waals surface area contributed by atoms with Gasteiger partial charge in [-0.1, -0.05) is 42.8 Å². The highest BCUT2D eigenvalue weighted by Gasteiger charge is 2.11. The number of nitrogens with zero attached hydrogens (tertiary/aromatic N) is 3. The second-order valence-electron chi connectivity index (χ2n) is 7.01. The maximum Gasteiger partial charge on any atom is 0.241 e. The molecule has 2 rings (SSSR count). The SMILES string of the molecule is CN=C(NCC(=O)N(C)CCc1ccccn1)NCC(C)c1cccc(C)c1.I. The number of aliphatic imine (C=N–C) groups is 1. The van der Waals surface area contributed by atoms with Gasteiger partial charge in [-0.15, -0.1) is 24.0 Å². The van der Waals surface area contributed by atoms with E-state index in [9.17, 15) is 4.79 Å². The number of carbonyl (C=O) groups excluding carboxylic acids is 1. The highest BCUT2D eigenvalue weighted by molar-refractivity contribution is 14.0. The lowest BCUT2D eigenvalue weighted by Gasteiger charge is -2.19. The summed E-state index contributed by atoms with van der Waals surface area (Å²) < 4.78 is 0. The topological polar surface area (TPSA) is 69.6 Å². The molecule has 1 aromatic carbocycles. The summed E-state index contributed by atoms with van der Waals surface area (Å²) >= 11 is 0. The van der Waals surface area contributed by atoms with Crippen molar-refractivity contribution in [3.8, 4) is 0 Å². The fourth-order valence-corrected chi connectivity index (χ4v) is 2.81. The summed E-state index contributed by atoms with van der Waals surface area (Å²) in [5.41, 5.74) is 3.53. The van der Waals surface area contributed by atoms with Crippen molar-refractivity contribution in [2.75, 3.05) is 33.7 Å². The summed E-state index contributed by atoms with van der Waals surface area (Å²) in [6.45, 7) is 5.85. The van der Waals surface area contributed by atoms with Crippen LogP contribution in [-0.2, 0) is 11.2 Å². The van der Waals surface area contributed by atoms with Crippen molar-refractivity contribution in [1.29, 1.82) is 0 Å². The van der Waals surface area contributed by atoms with Gasteiger partial charge < -0.3 is 15.5 Å². The highest BCUT2D eigenvalue weighted by Crippen LogP contribution is 2.15. The van der Waals surface area contributed by atoms with Gasteiger partial charge in [-0.2, -0.15) is 0 Å². The minimum Gasteiger partial charge on any atom is -0.356 e. The van der Waals surface area contributed by atoms with Crippen LogP contribution in [0.4, 0.5) is 0 Å². The van der Waals surface area contributed by atoms with Crippen LogP contribution in [-0.4, -0.2) is 55.5 Å². The zero-order valence-electron chi connectivity index (χ0n) is 17.7. The van der Waals surface area contributed by atoms with Crippen LogP contribution in [0.1, 0.15) is 29.7 Å². The van der Waals surface area contributed by atoms with E-state index in [0.29, 0.717) is 18.4 Å². The molecule has 2 N–H and O–H groups in total. The average Bonchev–Trinajstić information content (AvgIpc) is 2.72. The molecule has 0 radical (unpaired) electrons. The van der Waals surface area contributed by atoms with Gasteiger partial charge in [0.25, 0.3) is 0 Å². The normalized spacial score (nSPS) is 11.9. The fourth-order valence-electron chi connectivity index (χ4n) is 2.81. The van der Waals surface area contributed by atoms with E-state index < -0.39 is 0 Å². The summed E-state index contributed by atoms with van der Waals surface area (Å²) in [6.07, 6.45) is 2.51. The number of nitrogens with one attached hydrogen (secondary N) is 2. The highest BCUT2D eigenvalue weighted by atomic mass is 127. The first-order valence-electron chi connectivity index (χ1n) is 9.64. The lowest BCUT2D eigenvalue weighted by molar-refractivity contribution is -0.128. The number of hydrogen-bond acceptors (Lipinski definition) is 3. The number of aromatic nitrogens is 1. The summed E-state index contributed by atoms with van der Waals surface area (Å²) in [5.74, 6) is 0.992. The maximum atomic E-state index is 12.3. The number of aryl methyl sites for hydroxylation is 1. The van der Waals surface area contributed by atoms with Crippen molar-refractivity contribution < 1.29 is 4.79 Å². The number of carbonyl (C=O) groups is 1. The first-order chi connectivity index (χ1) is 13.5. The van der Waals surface area contributed by atoms with E-state index in [4.69, 9.17) is 0 Å². The van der Waals surface area contributed by atoms with Gasteiger partial charge in [0.05, 0.1) is 6.54 Å². The van der Waals surface area contributed by atoms with E-state index in [0.717, 1.165) is 18.7 Å². The quantitative estimate of drug-likeness (QED) is 0.326. The van der Waals surface area contributed by atoms with Crippen LogP contribution in [0, 0.1) is 6.92 Å². The van der Waals surface area contributed by atoms with Crippen LogP contribution in [0.15, 0.2) is 53.7 Å². The Balaban J connectivity index is 0.00000420. The third kappa shape index (κ3) is 8.81. The molecule has 2 aromatic rings. The van der Waals surface area contributed by atoms with Gasteiger partial charge in [-0.05, 0) is 30.5 Å². The fraction of sp³-hybridized carbons (Fsp3) is 0.409. The second-order valence-corrected chi connectivity index (χ2v) is 7.01. The Kier molecular flexibility index (Phi) is 11.3. The van der Waals surface area contributed by atoms with Crippen LogP contribution in [0.25, 0.3) is 0 Å². The molecule has 1 aromatic heterocycles. The Bertz CT molecular complexity index is 782. The molecule has 7 heteroatoms. The largest absolute Gasteiger partial charge is 0.356 e. The third-order valence-electron chi connectivity index (χ3n) is 4.67. The third-order valence-corrected chi connectivity index (χ3v) is 4.67. The first kappa shape index (κ1) is 24.9. The molecule has 0 aliphatic rings. The van der Waals surface area contributed by atoms with Crippen molar-refractivity contribution in [3.63, 3.8) is 0 Å². The predicted molar refractivity (Wildman–Crippen MR) is 130 cm³/mol. The molecule has 0 fully saturated rings. The van der Waals surface area contributed by atoms with E-state index in [1.54, 1.807) is 18.1 Å². The molecular formula is C22H32IN5O. The van der Waals surface area contributed by atoms with Crippen LogP contribution in [0.5, 0.6) is 0 Å². The monoisotopic (exact) mass is 509 g/mol. The molecule has 0 saturated heterocycles. The van der Waals surface area contributed by atoms with Crippen LogP contribution < -0.4 is 10.6 Å². The Morgan fingerprint density at radius 3 is 2.66 bits per heavy atom. The van der Waals surface area contributed by atoms with Gasteiger partial charge in [-0.3, -0.25) is 14.8 Å². The van der Waals surface area contributed by atoms with Crippen LogP contribution >= 0.6 is 24.0 Å². The molecular weight excluding hydrogens is 477 g/mol. The standard InChI is InChI=1S/C22H31N5O.HI/c1-17-8-7-9-19(14-17)18(2)15-25-22(23-3)26-16-21(28)27(4)13-11-20-10-5-6-12-24-20;/h5-10,12,14,18H,11,13,15-16H2,1-4H3,(H2,23,25,26);1H. The van der Waals surface area contributed by atoms with Gasteiger partial charge in [0.2, 0.25) is 5.91 Å². The van der Waals surface area contributed by atoms with Crippen LogP contribution in [0.3, 0.4) is 0 Å². The number of pyridine rings is 1. The molecule has 1 unspecified atom stereocenters. The summed E-state index contributed by atoms with van der Waals surface area (Å²) in [5, 5.41) is 6.40. The molecule has 1 atom stereocenters. The lowest BCUT2D eigenvalue weighted by atomic mass is 9.99. The number of benzene rings is 1. The van der Waals surface area contributed by atoms with Gasteiger partial charge >= 0.3 is 0 Å². The molecule has 1 amide bonds. The summed E-state index contributed by atoms with van der Waals surface area (Å²) in [7, 11) is 3.52. The van der Waals surface area contributed by atoms with Gasteiger partial charge in [0.15, 0.2) is 5.96 Å². The summed E-state index contributed by atoms with van der Waals surface area (Å²) in [4.78, 5) is 22.6. The van der Waals surface area contributed by atoms with E-state index in [1.807, 2.05) is 25.2 Å². The van der Waals surface area contributed by atoms with Crippen molar-refractivity contribution >= 4 is 35.8 Å². The number of amides is 1. The van der Waals surface area contributed by atoms with Crippen molar-refractivity contribution in [3.05, 3.63) is 65.5 Å². The van der Waals surface area contributed by atoms with E-state index >= 15 is 0 Å². The van der Waals surface area contributed by atoms with Crippen molar-refractivity contribution in [1.82, 2.24) is 20.5 Å². The molecule has 0 bridgehead atoms. The van der Waals surface area contributed by atoms with Gasteiger partial charge in [0.1, 0.15) is 0 Å². The molecule has 6 nitrogen and oxygen atoms in total. The zero-order chi connectivity index (χ0) is 20.4. The minimum atomic E-state index is 0. The number of guanidine groups is 1. The average molecular weight is 509 g/mol. The predicted octanol–water partition coefficient (Wildman–Crippen LogP) is 2.98. The number of hydrogen-bond donors (Lipinski definition) is 2. The Labute approximate surface area is 191 Å². The molecule has 0 aliphatic carbocycles. The van der Waals surface area contributed by atoms with Crippen molar-refractivity contribution in [2.45, 2.75) is 26.2 Å². The minimum absolute atomic E-state index is 0. The molecule has 1 heterocycles. The van der Waals surface area contributed by atoms with Gasteiger partial charge in [-0.25, -0.2) is 0 Å². The molecule has 0 saturated carbocycles. The molecule has 0 aliphatic heterocycles. The lowest BCUT2D eigenvalue weighted by Crippen LogP contribution is -2.44. The number of rotatable bonds is 8. The van der Waals surface area contributed by atoms with Gasteiger partial charge in [0, 0.05) is 45.5 Å². The second kappa shape index (κ2) is 13.1. The smallest absolute Gasteiger partial charge is 0.241 e. The summed E-state index contributed by atoms with van der Waals surface area (Å²) in [6, 6.07) is 14.3. The van der Waals surface area contributed by atoms with E-state index in [-0.39, 0.29) is 36.4 Å². The molecule has 29 heavy (non-hydrogen) atoms. The molecule has 0 spiro atoms. The zero-order valence-corrected chi connectivity index (χ0v) is 20.0. The Morgan fingerprint density at radius 1 is 1.21 bits per heavy atom. The number of halogens is 1.